The minimum atomic E-state index is -3.58. The first-order chi connectivity index (χ1) is 12.9. The number of nitrogens with zero attached hydrogens (tertiary/aromatic N) is 1. The molecule has 5 heteroatoms. The summed E-state index contributed by atoms with van der Waals surface area (Å²) in [6.45, 7) is 4.46. The first-order valence-electron chi connectivity index (χ1n) is 8.87. The first kappa shape index (κ1) is 18.1. The number of thioether (sulfide) groups is 1. The fourth-order valence-electron chi connectivity index (χ4n) is 3.28. The van der Waals surface area contributed by atoms with Gasteiger partial charge in [-0.1, -0.05) is 53.6 Å². The Kier molecular flexibility index (Phi) is 4.74. The molecule has 3 aromatic carbocycles. The Balaban J connectivity index is 1.69. The van der Waals surface area contributed by atoms with Gasteiger partial charge in [0, 0.05) is 4.90 Å². The Bertz CT molecular complexity index is 1060. The summed E-state index contributed by atoms with van der Waals surface area (Å²) in [4.78, 5) is 1.49. The second-order valence-corrected chi connectivity index (χ2v) is 9.97. The standard InChI is InChI=1S/C22H21NO2S2/c1-16-7-11-18(12-8-16)26-22-15-23(21-6-4-3-5-20(21)22)27(24,25)19-13-9-17(2)10-14-19/h3-14,22H,15H2,1-2H3. The predicted molar refractivity (Wildman–Crippen MR) is 112 cm³/mol. The van der Waals surface area contributed by atoms with Gasteiger partial charge in [0.05, 0.1) is 22.4 Å². The quantitative estimate of drug-likeness (QED) is 0.598. The molecule has 0 amide bonds. The molecular weight excluding hydrogens is 374 g/mol. The van der Waals surface area contributed by atoms with Crippen LogP contribution in [0.1, 0.15) is 21.9 Å². The normalized spacial score (nSPS) is 16.4. The first-order valence-corrected chi connectivity index (χ1v) is 11.2. The van der Waals surface area contributed by atoms with Crippen molar-refractivity contribution in [2.45, 2.75) is 28.9 Å². The van der Waals surface area contributed by atoms with Crippen molar-refractivity contribution >= 4 is 27.5 Å². The van der Waals surface area contributed by atoms with Gasteiger partial charge >= 0.3 is 0 Å². The molecule has 0 spiro atoms. The lowest BCUT2D eigenvalue weighted by Gasteiger charge is -2.20. The third-order valence-corrected chi connectivity index (χ3v) is 7.82. The van der Waals surface area contributed by atoms with Gasteiger partial charge in [0.1, 0.15) is 0 Å². The molecule has 0 radical (unpaired) electrons. The van der Waals surface area contributed by atoms with Crippen molar-refractivity contribution in [2.24, 2.45) is 0 Å². The third kappa shape index (κ3) is 3.49. The number of rotatable bonds is 4. The van der Waals surface area contributed by atoms with Gasteiger partial charge in [-0.05, 0) is 49.7 Å². The highest BCUT2D eigenvalue weighted by atomic mass is 32.2. The molecule has 0 aromatic heterocycles. The lowest BCUT2D eigenvalue weighted by atomic mass is 10.2. The summed E-state index contributed by atoms with van der Waals surface area (Å²) in [5.74, 6) is 0. The molecule has 1 atom stereocenters. The summed E-state index contributed by atoms with van der Waals surface area (Å²) in [6, 6.07) is 23.2. The summed E-state index contributed by atoms with van der Waals surface area (Å²) < 4.78 is 28.1. The van der Waals surface area contributed by atoms with Crippen LogP contribution in [0, 0.1) is 13.8 Å². The van der Waals surface area contributed by atoms with E-state index in [9.17, 15) is 8.42 Å². The average Bonchev–Trinajstić information content (AvgIpc) is 3.03. The Morgan fingerprint density at radius 1 is 0.852 bits per heavy atom. The van der Waals surface area contributed by atoms with Crippen molar-refractivity contribution in [2.75, 3.05) is 10.8 Å². The van der Waals surface area contributed by atoms with Crippen molar-refractivity contribution in [1.82, 2.24) is 0 Å². The molecule has 0 saturated carbocycles. The van der Waals surface area contributed by atoms with Crippen LogP contribution in [0.2, 0.25) is 0 Å². The van der Waals surface area contributed by atoms with Crippen molar-refractivity contribution in [3.05, 3.63) is 89.5 Å². The summed E-state index contributed by atoms with van der Waals surface area (Å²) in [5.41, 5.74) is 4.11. The summed E-state index contributed by atoms with van der Waals surface area (Å²) in [5, 5.41) is 0.0733. The molecule has 138 valence electrons. The molecular formula is C22H21NO2S2. The molecule has 0 saturated heterocycles. The molecule has 3 aromatic rings. The maximum Gasteiger partial charge on any atom is 0.264 e. The van der Waals surface area contributed by atoms with Crippen LogP contribution < -0.4 is 4.31 Å². The van der Waals surface area contributed by atoms with Gasteiger partial charge in [-0.3, -0.25) is 4.31 Å². The Labute approximate surface area is 165 Å². The number of hydrogen-bond donors (Lipinski definition) is 0. The van der Waals surface area contributed by atoms with E-state index in [0.29, 0.717) is 11.4 Å². The lowest BCUT2D eigenvalue weighted by molar-refractivity contribution is 0.592. The second kappa shape index (κ2) is 7.06. The molecule has 27 heavy (non-hydrogen) atoms. The van der Waals surface area contributed by atoms with Crippen LogP contribution in [-0.4, -0.2) is 15.0 Å². The molecule has 1 aliphatic rings. The molecule has 1 aliphatic heterocycles. The van der Waals surface area contributed by atoms with Crippen LogP contribution in [0.5, 0.6) is 0 Å². The third-order valence-electron chi connectivity index (χ3n) is 4.79. The van der Waals surface area contributed by atoms with Gasteiger partial charge in [0.15, 0.2) is 0 Å². The zero-order valence-electron chi connectivity index (χ0n) is 15.3. The number of sulfonamides is 1. The Hall–Kier alpha value is -2.24. The fraction of sp³-hybridized carbons (Fsp3) is 0.182. The van der Waals surface area contributed by atoms with E-state index in [4.69, 9.17) is 0 Å². The molecule has 1 unspecified atom stereocenters. The van der Waals surface area contributed by atoms with Crippen LogP contribution in [0.4, 0.5) is 5.69 Å². The fourth-order valence-corrected chi connectivity index (χ4v) is 6.05. The van der Waals surface area contributed by atoms with E-state index in [2.05, 4.69) is 31.2 Å². The molecule has 4 rings (SSSR count). The van der Waals surface area contributed by atoms with Gasteiger partial charge < -0.3 is 0 Å². The van der Waals surface area contributed by atoms with E-state index >= 15 is 0 Å². The maximum atomic E-state index is 13.3. The number of aryl methyl sites for hydroxylation is 2. The van der Waals surface area contributed by atoms with Crippen molar-refractivity contribution < 1.29 is 8.42 Å². The van der Waals surface area contributed by atoms with Gasteiger partial charge in [-0.2, -0.15) is 0 Å². The lowest BCUT2D eigenvalue weighted by Crippen LogP contribution is -2.29. The number of benzene rings is 3. The average molecular weight is 396 g/mol. The van der Waals surface area contributed by atoms with Crippen LogP contribution in [0.25, 0.3) is 0 Å². The summed E-state index contributed by atoms with van der Waals surface area (Å²) in [6.07, 6.45) is 0. The van der Waals surface area contributed by atoms with E-state index < -0.39 is 10.0 Å². The van der Waals surface area contributed by atoms with E-state index in [0.717, 1.165) is 21.7 Å². The molecule has 0 N–H and O–H groups in total. The van der Waals surface area contributed by atoms with Crippen LogP contribution >= 0.6 is 11.8 Å². The number of anilines is 1. The van der Waals surface area contributed by atoms with E-state index in [-0.39, 0.29) is 5.25 Å². The minimum absolute atomic E-state index is 0.0733. The van der Waals surface area contributed by atoms with Gasteiger partial charge in [0.2, 0.25) is 0 Å². The highest BCUT2D eigenvalue weighted by Gasteiger charge is 2.36. The molecule has 0 fully saturated rings. The van der Waals surface area contributed by atoms with Gasteiger partial charge in [0.25, 0.3) is 10.0 Å². The van der Waals surface area contributed by atoms with Crippen molar-refractivity contribution in [3.8, 4) is 0 Å². The number of fused-ring (bicyclic) bond motifs is 1. The zero-order valence-corrected chi connectivity index (χ0v) is 16.9. The Morgan fingerprint density at radius 3 is 2.11 bits per heavy atom. The van der Waals surface area contributed by atoms with Crippen molar-refractivity contribution in [1.29, 1.82) is 0 Å². The largest absolute Gasteiger partial charge is 0.265 e. The van der Waals surface area contributed by atoms with Crippen molar-refractivity contribution in [3.63, 3.8) is 0 Å². The van der Waals surface area contributed by atoms with Crippen LogP contribution in [-0.2, 0) is 10.0 Å². The van der Waals surface area contributed by atoms with Gasteiger partial charge in [-0.25, -0.2) is 8.42 Å². The predicted octanol–water partition coefficient (Wildman–Crippen LogP) is 5.35. The Morgan fingerprint density at radius 2 is 1.44 bits per heavy atom. The number of hydrogen-bond acceptors (Lipinski definition) is 3. The minimum Gasteiger partial charge on any atom is -0.265 e. The highest BCUT2D eigenvalue weighted by Crippen LogP contribution is 2.47. The molecule has 3 nitrogen and oxygen atoms in total. The summed E-state index contributed by atoms with van der Waals surface area (Å²) in [7, 11) is -3.58. The SMILES string of the molecule is Cc1ccc(SC2CN(S(=O)(=O)c3ccc(C)cc3)c3ccccc32)cc1. The smallest absolute Gasteiger partial charge is 0.264 e. The zero-order chi connectivity index (χ0) is 19.0. The second-order valence-electron chi connectivity index (χ2n) is 6.83. The van der Waals surface area contributed by atoms with Crippen LogP contribution in [0.3, 0.4) is 0 Å². The highest BCUT2D eigenvalue weighted by molar-refractivity contribution is 7.99. The van der Waals surface area contributed by atoms with E-state index in [1.807, 2.05) is 43.3 Å². The van der Waals surface area contributed by atoms with Crippen LogP contribution in [0.15, 0.2) is 82.6 Å². The monoisotopic (exact) mass is 395 g/mol. The molecule has 0 bridgehead atoms. The van der Waals surface area contributed by atoms with E-state index in [1.54, 1.807) is 28.2 Å². The van der Waals surface area contributed by atoms with Gasteiger partial charge in [-0.15, -0.1) is 11.8 Å². The maximum absolute atomic E-state index is 13.3. The van der Waals surface area contributed by atoms with E-state index in [1.165, 1.54) is 5.56 Å². The summed E-state index contributed by atoms with van der Waals surface area (Å²) >= 11 is 1.71. The molecule has 0 aliphatic carbocycles. The number of para-hydroxylation sites is 1. The molecule has 1 heterocycles. The topological polar surface area (TPSA) is 37.4 Å².